The summed E-state index contributed by atoms with van der Waals surface area (Å²) in [6.07, 6.45) is 4.37. The van der Waals surface area contributed by atoms with Crippen molar-refractivity contribution in [1.29, 1.82) is 0 Å². The van der Waals surface area contributed by atoms with Crippen LogP contribution in [-0.2, 0) is 24.8 Å². The van der Waals surface area contributed by atoms with E-state index in [9.17, 15) is 4.79 Å². The van der Waals surface area contributed by atoms with Crippen LogP contribution >= 0.6 is 0 Å². The van der Waals surface area contributed by atoms with E-state index in [0.717, 1.165) is 36.2 Å². The van der Waals surface area contributed by atoms with Crippen molar-refractivity contribution in [3.63, 3.8) is 0 Å². The maximum atomic E-state index is 11.8. The summed E-state index contributed by atoms with van der Waals surface area (Å²) in [7, 11) is 1.93. The Morgan fingerprint density at radius 2 is 2.04 bits per heavy atom. The summed E-state index contributed by atoms with van der Waals surface area (Å²) in [6, 6.07) is 10.2. The molecule has 3 rings (SSSR count). The molecule has 1 aliphatic rings. The largest absolute Gasteiger partial charge is 0.445 e. The van der Waals surface area contributed by atoms with Gasteiger partial charge in [0.1, 0.15) is 6.61 Å². The first kappa shape index (κ1) is 16.4. The van der Waals surface area contributed by atoms with Crippen LogP contribution < -0.4 is 10.6 Å². The topological polar surface area (TPSA) is 68.2 Å². The van der Waals surface area contributed by atoms with E-state index in [2.05, 4.69) is 22.7 Å². The van der Waals surface area contributed by atoms with Crippen LogP contribution in [-0.4, -0.2) is 28.0 Å². The van der Waals surface area contributed by atoms with E-state index in [4.69, 9.17) is 4.74 Å². The molecule has 1 heterocycles. The zero-order chi connectivity index (χ0) is 16.9. The number of ether oxygens (including phenoxy) is 1. The van der Waals surface area contributed by atoms with Crippen LogP contribution in [0.3, 0.4) is 0 Å². The van der Waals surface area contributed by atoms with Gasteiger partial charge in [-0.1, -0.05) is 37.3 Å². The molecule has 0 unspecified atom stereocenters. The highest BCUT2D eigenvalue weighted by molar-refractivity contribution is 5.67. The van der Waals surface area contributed by atoms with E-state index in [0.29, 0.717) is 12.6 Å². The van der Waals surface area contributed by atoms with Gasteiger partial charge in [0.05, 0.1) is 11.4 Å². The highest BCUT2D eigenvalue weighted by Gasteiger charge is 2.31. The Balaban J connectivity index is 1.38. The molecule has 1 saturated carbocycles. The summed E-state index contributed by atoms with van der Waals surface area (Å²) in [5.41, 5.74) is 3.16. The summed E-state index contributed by atoms with van der Waals surface area (Å²) in [6.45, 7) is 2.40. The minimum Gasteiger partial charge on any atom is -0.445 e. The minimum atomic E-state index is -0.349. The quantitative estimate of drug-likeness (QED) is 0.855. The van der Waals surface area contributed by atoms with Gasteiger partial charge in [-0.25, -0.2) is 4.79 Å². The molecule has 6 heteroatoms. The molecular weight excluding hydrogens is 304 g/mol. The number of alkyl carbamates (subject to hydrolysis) is 1. The molecule has 2 aromatic rings. The van der Waals surface area contributed by atoms with Crippen molar-refractivity contribution in [2.24, 2.45) is 7.05 Å². The zero-order valence-corrected chi connectivity index (χ0v) is 14.2. The zero-order valence-electron chi connectivity index (χ0n) is 14.2. The molecule has 0 bridgehead atoms. The molecule has 1 aliphatic carbocycles. The number of benzene rings is 1. The minimum absolute atomic E-state index is 0.174. The molecule has 128 valence electrons. The number of anilines is 1. The Hall–Kier alpha value is -2.50. The summed E-state index contributed by atoms with van der Waals surface area (Å²) < 4.78 is 7.07. The van der Waals surface area contributed by atoms with Gasteiger partial charge in [-0.3, -0.25) is 4.68 Å². The van der Waals surface area contributed by atoms with Gasteiger partial charge in [0, 0.05) is 25.3 Å². The third kappa shape index (κ3) is 4.07. The van der Waals surface area contributed by atoms with Crippen molar-refractivity contribution >= 4 is 11.8 Å². The molecule has 0 spiro atoms. The fraction of sp³-hybridized carbons (Fsp3) is 0.444. The van der Waals surface area contributed by atoms with E-state index in [1.165, 1.54) is 0 Å². The SMILES string of the molecule is CCc1nn(C)cc1NC1CC(NC(=O)OCc2ccccc2)C1. The number of hydrogen-bond donors (Lipinski definition) is 2. The predicted octanol–water partition coefficient (Wildman–Crippen LogP) is 2.85. The van der Waals surface area contributed by atoms with Crippen molar-refractivity contribution in [3.8, 4) is 0 Å². The molecule has 0 aliphatic heterocycles. The molecule has 1 aromatic carbocycles. The van der Waals surface area contributed by atoms with Crippen molar-refractivity contribution in [1.82, 2.24) is 15.1 Å². The Bertz CT molecular complexity index is 678. The average molecular weight is 328 g/mol. The summed E-state index contributed by atoms with van der Waals surface area (Å²) in [4.78, 5) is 11.8. The Kier molecular flexibility index (Phi) is 5.03. The van der Waals surface area contributed by atoms with Crippen LogP contribution in [0.5, 0.6) is 0 Å². The number of aromatic nitrogens is 2. The number of nitrogens with one attached hydrogen (secondary N) is 2. The second kappa shape index (κ2) is 7.38. The molecule has 6 nitrogen and oxygen atoms in total. The van der Waals surface area contributed by atoms with Gasteiger partial charge in [0.2, 0.25) is 0 Å². The highest BCUT2D eigenvalue weighted by atomic mass is 16.5. The smallest absolute Gasteiger partial charge is 0.407 e. The van der Waals surface area contributed by atoms with Crippen LogP contribution in [0.15, 0.2) is 36.5 Å². The molecule has 1 fully saturated rings. The Morgan fingerprint density at radius 3 is 2.75 bits per heavy atom. The van der Waals surface area contributed by atoms with Crippen molar-refractivity contribution in [2.75, 3.05) is 5.32 Å². The average Bonchev–Trinajstić information content (AvgIpc) is 2.91. The van der Waals surface area contributed by atoms with Crippen LogP contribution in [0, 0.1) is 0 Å². The third-order valence-corrected chi connectivity index (χ3v) is 4.27. The van der Waals surface area contributed by atoms with E-state index in [1.54, 1.807) is 0 Å². The first-order valence-corrected chi connectivity index (χ1v) is 8.40. The second-order valence-electron chi connectivity index (χ2n) is 6.23. The number of aryl methyl sites for hydroxylation is 2. The summed E-state index contributed by atoms with van der Waals surface area (Å²) in [5.74, 6) is 0. The van der Waals surface area contributed by atoms with Gasteiger partial charge in [0.25, 0.3) is 0 Å². The number of nitrogens with zero attached hydrogens (tertiary/aromatic N) is 2. The van der Waals surface area contributed by atoms with Crippen molar-refractivity contribution < 1.29 is 9.53 Å². The van der Waals surface area contributed by atoms with Crippen molar-refractivity contribution in [2.45, 2.75) is 44.9 Å². The first-order valence-electron chi connectivity index (χ1n) is 8.40. The van der Waals surface area contributed by atoms with E-state index in [-0.39, 0.29) is 12.1 Å². The third-order valence-electron chi connectivity index (χ3n) is 4.27. The summed E-state index contributed by atoms with van der Waals surface area (Å²) >= 11 is 0. The molecule has 0 atom stereocenters. The number of rotatable bonds is 6. The maximum Gasteiger partial charge on any atom is 0.407 e. The van der Waals surface area contributed by atoms with Crippen LogP contribution in [0.25, 0.3) is 0 Å². The maximum absolute atomic E-state index is 11.8. The van der Waals surface area contributed by atoms with E-state index in [1.807, 2.05) is 48.3 Å². The molecule has 0 radical (unpaired) electrons. The second-order valence-corrected chi connectivity index (χ2v) is 6.23. The standard InChI is InChI=1S/C18H24N4O2/c1-3-16-17(11-22(2)21-16)19-14-9-15(10-14)20-18(23)24-12-13-7-5-4-6-8-13/h4-8,11,14-15,19H,3,9-10,12H2,1-2H3,(H,20,23). The number of carbonyl (C=O) groups is 1. The number of carbonyl (C=O) groups excluding carboxylic acids is 1. The molecule has 1 aromatic heterocycles. The van der Waals surface area contributed by atoms with Crippen LogP contribution in [0.4, 0.5) is 10.5 Å². The number of amides is 1. The van der Waals surface area contributed by atoms with Gasteiger partial charge in [-0.15, -0.1) is 0 Å². The van der Waals surface area contributed by atoms with Gasteiger partial charge in [-0.2, -0.15) is 5.10 Å². The lowest BCUT2D eigenvalue weighted by molar-refractivity contribution is 0.129. The fourth-order valence-electron chi connectivity index (χ4n) is 2.92. The normalized spacial score (nSPS) is 19.4. The number of hydrogen-bond acceptors (Lipinski definition) is 4. The highest BCUT2D eigenvalue weighted by Crippen LogP contribution is 2.26. The van der Waals surface area contributed by atoms with Crippen LogP contribution in [0.1, 0.15) is 31.0 Å². The molecule has 2 N–H and O–H groups in total. The van der Waals surface area contributed by atoms with E-state index < -0.39 is 0 Å². The van der Waals surface area contributed by atoms with Crippen molar-refractivity contribution in [3.05, 3.63) is 47.8 Å². The Morgan fingerprint density at radius 1 is 1.29 bits per heavy atom. The molecule has 0 saturated heterocycles. The predicted molar refractivity (Wildman–Crippen MR) is 92.8 cm³/mol. The summed E-state index contributed by atoms with van der Waals surface area (Å²) in [5, 5.41) is 10.8. The molecule has 1 amide bonds. The van der Waals surface area contributed by atoms with Gasteiger partial charge >= 0.3 is 6.09 Å². The Labute approximate surface area is 142 Å². The fourth-order valence-corrected chi connectivity index (χ4v) is 2.92. The molecule has 24 heavy (non-hydrogen) atoms. The van der Waals surface area contributed by atoms with Gasteiger partial charge in [0.15, 0.2) is 0 Å². The lowest BCUT2D eigenvalue weighted by atomic mass is 9.86. The van der Waals surface area contributed by atoms with Crippen LogP contribution in [0.2, 0.25) is 0 Å². The lowest BCUT2D eigenvalue weighted by Gasteiger charge is -2.36. The first-order chi connectivity index (χ1) is 11.6. The van der Waals surface area contributed by atoms with E-state index >= 15 is 0 Å². The lowest BCUT2D eigenvalue weighted by Crippen LogP contribution is -2.49. The van der Waals surface area contributed by atoms with Gasteiger partial charge in [-0.05, 0) is 24.8 Å². The monoisotopic (exact) mass is 328 g/mol. The van der Waals surface area contributed by atoms with Gasteiger partial charge < -0.3 is 15.4 Å². The molecular formula is C18H24N4O2.